The fourth-order valence-electron chi connectivity index (χ4n) is 2.23. The number of nitrogens with zero attached hydrogens (tertiary/aromatic N) is 2. The van der Waals surface area contributed by atoms with Crippen LogP contribution in [0, 0.1) is 5.92 Å². The van der Waals surface area contributed by atoms with Gasteiger partial charge < -0.3 is 14.6 Å². The van der Waals surface area contributed by atoms with Crippen LogP contribution in [0.5, 0.6) is 0 Å². The summed E-state index contributed by atoms with van der Waals surface area (Å²) in [6.07, 6.45) is 5.53. The summed E-state index contributed by atoms with van der Waals surface area (Å²) >= 11 is 0. The second-order valence-corrected chi connectivity index (χ2v) is 6.52. The number of carbonyl (C=O) groups excluding carboxylic acids is 1. The smallest absolute Gasteiger partial charge is 0.408 e. The Bertz CT molecular complexity index is 445. The first-order valence-electron chi connectivity index (χ1n) is 7.76. The van der Waals surface area contributed by atoms with Gasteiger partial charge in [-0.1, -0.05) is 26.7 Å². The van der Waals surface area contributed by atoms with E-state index in [0.29, 0.717) is 5.92 Å². The van der Waals surface area contributed by atoms with E-state index in [1.54, 1.807) is 0 Å². The molecular weight excluding hydrogens is 266 g/mol. The Balaban J connectivity index is 2.69. The summed E-state index contributed by atoms with van der Waals surface area (Å²) in [6, 6.07) is -0.128. The van der Waals surface area contributed by atoms with E-state index < -0.39 is 11.7 Å². The van der Waals surface area contributed by atoms with Gasteiger partial charge in [0.2, 0.25) is 0 Å². The first-order chi connectivity index (χ1) is 9.76. The van der Waals surface area contributed by atoms with Crippen LogP contribution in [0.4, 0.5) is 4.79 Å². The molecule has 5 nitrogen and oxygen atoms in total. The predicted octanol–water partition coefficient (Wildman–Crippen LogP) is 3.91. The van der Waals surface area contributed by atoms with Crippen LogP contribution in [0.1, 0.15) is 66.1 Å². The van der Waals surface area contributed by atoms with Gasteiger partial charge in [0.15, 0.2) is 0 Å². The molecule has 21 heavy (non-hydrogen) atoms. The lowest BCUT2D eigenvalue weighted by atomic mass is 10.0. The zero-order chi connectivity index (χ0) is 16.0. The summed E-state index contributed by atoms with van der Waals surface area (Å²) in [4.78, 5) is 16.1. The van der Waals surface area contributed by atoms with Crippen molar-refractivity contribution in [2.24, 2.45) is 5.92 Å². The topological polar surface area (TPSA) is 56.2 Å². The maximum Gasteiger partial charge on any atom is 0.408 e. The van der Waals surface area contributed by atoms with E-state index in [-0.39, 0.29) is 6.04 Å². The van der Waals surface area contributed by atoms with Gasteiger partial charge in [0.25, 0.3) is 0 Å². The monoisotopic (exact) mass is 295 g/mol. The maximum absolute atomic E-state index is 11.8. The van der Waals surface area contributed by atoms with Crippen molar-refractivity contribution in [3.8, 4) is 0 Å². The summed E-state index contributed by atoms with van der Waals surface area (Å²) in [5.41, 5.74) is 0.521. The fraction of sp³-hybridized carbons (Fsp3) is 0.750. The van der Waals surface area contributed by atoms with Crippen molar-refractivity contribution in [3.63, 3.8) is 0 Å². The Morgan fingerprint density at radius 2 is 2.00 bits per heavy atom. The highest BCUT2D eigenvalue weighted by atomic mass is 16.6. The summed E-state index contributed by atoms with van der Waals surface area (Å²) < 4.78 is 7.41. The molecule has 0 aromatic carbocycles. The van der Waals surface area contributed by atoms with Crippen LogP contribution >= 0.6 is 0 Å². The van der Waals surface area contributed by atoms with Gasteiger partial charge in [-0.2, -0.15) is 0 Å². The Hall–Kier alpha value is -1.52. The second kappa shape index (κ2) is 7.48. The number of hydrogen-bond donors (Lipinski definition) is 1. The molecule has 0 aliphatic rings. The van der Waals surface area contributed by atoms with Crippen molar-refractivity contribution in [1.29, 1.82) is 0 Å². The summed E-state index contributed by atoms with van der Waals surface area (Å²) in [7, 11) is 0. The lowest BCUT2D eigenvalue weighted by Gasteiger charge is -2.23. The number of aromatic nitrogens is 2. The highest BCUT2D eigenvalue weighted by Gasteiger charge is 2.20. The molecule has 0 bridgehead atoms. The SMILES string of the molecule is CCC(CC)Cn1cncc1[C@@H](C)NC(=O)OC(C)(C)C. The highest BCUT2D eigenvalue weighted by Crippen LogP contribution is 2.17. The van der Waals surface area contributed by atoms with Gasteiger partial charge in [-0.15, -0.1) is 0 Å². The van der Waals surface area contributed by atoms with Gasteiger partial charge in [-0.3, -0.25) is 0 Å². The van der Waals surface area contributed by atoms with Gasteiger partial charge in [-0.25, -0.2) is 9.78 Å². The minimum atomic E-state index is -0.487. The number of hydrogen-bond acceptors (Lipinski definition) is 3. The van der Waals surface area contributed by atoms with E-state index in [4.69, 9.17) is 4.74 Å². The highest BCUT2D eigenvalue weighted by molar-refractivity contribution is 5.68. The van der Waals surface area contributed by atoms with Crippen LogP contribution in [-0.2, 0) is 11.3 Å². The van der Waals surface area contributed by atoms with Gasteiger partial charge in [0.1, 0.15) is 5.60 Å². The van der Waals surface area contributed by atoms with Crippen LogP contribution in [0.15, 0.2) is 12.5 Å². The largest absolute Gasteiger partial charge is 0.444 e. The van der Waals surface area contributed by atoms with Gasteiger partial charge >= 0.3 is 6.09 Å². The van der Waals surface area contributed by atoms with Crippen LogP contribution < -0.4 is 5.32 Å². The minimum absolute atomic E-state index is 0.128. The lowest BCUT2D eigenvalue weighted by molar-refractivity contribution is 0.0506. The Morgan fingerprint density at radius 3 is 2.52 bits per heavy atom. The number of rotatable bonds is 6. The normalized spacial score (nSPS) is 13.3. The molecule has 0 fully saturated rings. The molecule has 5 heteroatoms. The van der Waals surface area contributed by atoms with Crippen LogP contribution in [-0.4, -0.2) is 21.2 Å². The average molecular weight is 295 g/mol. The van der Waals surface area contributed by atoms with Crippen molar-refractivity contribution >= 4 is 6.09 Å². The quantitative estimate of drug-likeness (QED) is 0.865. The first kappa shape index (κ1) is 17.5. The molecule has 120 valence electrons. The van der Waals surface area contributed by atoms with Crippen molar-refractivity contribution in [1.82, 2.24) is 14.9 Å². The van der Waals surface area contributed by atoms with E-state index in [2.05, 4.69) is 28.7 Å². The molecule has 1 aromatic rings. The molecule has 0 aliphatic heterocycles. The van der Waals surface area contributed by atoms with E-state index in [1.165, 1.54) is 0 Å². The van der Waals surface area contributed by atoms with E-state index in [1.807, 2.05) is 40.2 Å². The number of alkyl carbamates (subject to hydrolysis) is 1. The Kier molecular flexibility index (Phi) is 6.24. The molecule has 1 atom stereocenters. The maximum atomic E-state index is 11.8. The Labute approximate surface area is 128 Å². The Morgan fingerprint density at radius 1 is 1.38 bits per heavy atom. The van der Waals surface area contributed by atoms with Crippen molar-refractivity contribution in [3.05, 3.63) is 18.2 Å². The van der Waals surface area contributed by atoms with Gasteiger partial charge in [0.05, 0.1) is 24.3 Å². The van der Waals surface area contributed by atoms with Crippen molar-refractivity contribution < 1.29 is 9.53 Å². The third kappa shape index (κ3) is 5.78. The minimum Gasteiger partial charge on any atom is -0.444 e. The summed E-state index contributed by atoms with van der Waals surface area (Å²) in [5.74, 6) is 0.631. The molecule has 0 spiro atoms. The molecular formula is C16H29N3O2. The molecule has 0 radical (unpaired) electrons. The van der Waals surface area contributed by atoms with Crippen molar-refractivity contribution in [2.75, 3.05) is 0 Å². The molecule has 1 N–H and O–H groups in total. The number of imidazole rings is 1. The van der Waals surface area contributed by atoms with E-state index >= 15 is 0 Å². The third-order valence-electron chi connectivity index (χ3n) is 3.53. The first-order valence-corrected chi connectivity index (χ1v) is 7.76. The van der Waals surface area contributed by atoms with E-state index in [0.717, 1.165) is 25.1 Å². The fourth-order valence-corrected chi connectivity index (χ4v) is 2.23. The molecule has 1 aromatic heterocycles. The van der Waals surface area contributed by atoms with Crippen LogP contribution in [0.2, 0.25) is 0 Å². The lowest BCUT2D eigenvalue weighted by Crippen LogP contribution is -2.34. The van der Waals surface area contributed by atoms with Crippen LogP contribution in [0.3, 0.4) is 0 Å². The molecule has 1 rings (SSSR count). The summed E-state index contributed by atoms with van der Waals surface area (Å²) in [6.45, 7) is 12.9. The number of ether oxygens (including phenoxy) is 1. The molecule has 1 amide bonds. The zero-order valence-corrected chi connectivity index (χ0v) is 14.1. The molecule has 1 heterocycles. The van der Waals surface area contributed by atoms with Crippen molar-refractivity contribution in [2.45, 2.75) is 72.6 Å². The number of carbonyl (C=O) groups is 1. The number of amides is 1. The second-order valence-electron chi connectivity index (χ2n) is 6.52. The van der Waals surface area contributed by atoms with Gasteiger partial charge in [-0.05, 0) is 33.6 Å². The average Bonchev–Trinajstić information content (AvgIpc) is 2.81. The molecule has 0 aliphatic carbocycles. The molecule has 0 saturated carbocycles. The third-order valence-corrected chi connectivity index (χ3v) is 3.53. The molecule has 0 unspecified atom stereocenters. The van der Waals surface area contributed by atoms with Gasteiger partial charge in [0, 0.05) is 6.54 Å². The molecule has 0 saturated heterocycles. The zero-order valence-electron chi connectivity index (χ0n) is 14.1. The number of nitrogens with one attached hydrogen (secondary N) is 1. The van der Waals surface area contributed by atoms with E-state index in [9.17, 15) is 4.79 Å². The van der Waals surface area contributed by atoms with Crippen LogP contribution in [0.25, 0.3) is 0 Å². The predicted molar refractivity (Wildman–Crippen MR) is 84.1 cm³/mol. The standard InChI is InChI=1S/C16H29N3O2/c1-7-13(8-2)10-19-11-17-9-14(19)12(3)18-15(20)21-16(4,5)6/h9,11-13H,7-8,10H2,1-6H3,(H,18,20)/t12-/m1/s1. The summed E-state index contributed by atoms with van der Waals surface area (Å²) in [5, 5.41) is 2.87.